The van der Waals surface area contributed by atoms with Gasteiger partial charge in [0.15, 0.2) is 6.17 Å². The summed E-state index contributed by atoms with van der Waals surface area (Å²) < 4.78 is 0. The van der Waals surface area contributed by atoms with E-state index in [1.807, 2.05) is 24.3 Å². The van der Waals surface area contributed by atoms with E-state index in [1.54, 1.807) is 24.3 Å². The standard InChI is InChI=1S/C38H54BN9O13/c1-4-5-6-22-7-9-23(10-8-22)24-11-13-25(14-12-24)34(55)46-27(19-49)36(57)47-32(41)38(59)42-18-30(51)48(3)28(15-16-31(52)53)37(58)44-21(2)33(54)45-26(17-29(40)50)35(56)43-20-39(60)61/h7-14,21,26-28,32,49,60-61H,4-6,15-20,41H2,1-3H3,(H2,40,50)(H,42,59)(H,43,56)(H,44,58)(H,45,54)(H,46,55)(H,47,57)(H,52,53)/t21-,26-,27+,28-,32-/m0/s1. The average Bonchev–Trinajstić information content (AvgIpc) is 3.22. The van der Waals surface area contributed by atoms with Gasteiger partial charge >= 0.3 is 13.1 Å². The Balaban J connectivity index is 1.98. The predicted octanol–water partition coefficient (Wildman–Crippen LogP) is -4.01. The quantitative estimate of drug-likeness (QED) is 0.0335. The van der Waals surface area contributed by atoms with Crippen LogP contribution in [-0.2, 0) is 44.8 Å². The number of benzene rings is 2. The molecular weight excluding hydrogens is 801 g/mol. The molecular formula is C38H54BN9O13. The molecule has 22 nitrogen and oxygen atoms in total. The smallest absolute Gasteiger partial charge is 0.472 e. The first-order valence-electron chi connectivity index (χ1n) is 19.2. The summed E-state index contributed by atoms with van der Waals surface area (Å²) in [5, 5.41) is 50.2. The number of unbranched alkanes of at least 4 members (excludes halogenated alkanes) is 1. The van der Waals surface area contributed by atoms with Crippen LogP contribution in [0.3, 0.4) is 0 Å². The molecule has 14 N–H and O–H groups in total. The molecule has 0 fully saturated rings. The highest BCUT2D eigenvalue weighted by molar-refractivity contribution is 6.41. The minimum Gasteiger partial charge on any atom is -0.481 e. The highest BCUT2D eigenvalue weighted by atomic mass is 16.4. The molecule has 0 heterocycles. The second kappa shape index (κ2) is 25.3. The van der Waals surface area contributed by atoms with E-state index >= 15 is 0 Å². The number of nitrogens with two attached hydrogens (primary N) is 2. The molecule has 0 radical (unpaired) electrons. The highest BCUT2D eigenvalue weighted by Gasteiger charge is 2.32. The van der Waals surface area contributed by atoms with Gasteiger partial charge in [-0.2, -0.15) is 0 Å². The second-order valence-electron chi connectivity index (χ2n) is 13.9. The minimum absolute atomic E-state index is 0.183. The van der Waals surface area contributed by atoms with E-state index in [9.17, 15) is 53.4 Å². The van der Waals surface area contributed by atoms with Gasteiger partial charge in [-0.25, -0.2) is 0 Å². The van der Waals surface area contributed by atoms with E-state index in [0.29, 0.717) is 0 Å². The van der Waals surface area contributed by atoms with Crippen LogP contribution in [0, 0.1) is 0 Å². The summed E-state index contributed by atoms with van der Waals surface area (Å²) in [5.74, 6) is -9.11. The largest absolute Gasteiger partial charge is 0.481 e. The first-order chi connectivity index (χ1) is 28.8. The molecule has 0 aromatic heterocycles. The van der Waals surface area contributed by atoms with Gasteiger partial charge in [0.05, 0.1) is 26.0 Å². The number of hydrogen-bond acceptors (Lipinski definition) is 13. The topological polar surface area (TPSA) is 362 Å². The van der Waals surface area contributed by atoms with Crippen LogP contribution in [0.5, 0.6) is 0 Å². The molecule has 0 aliphatic rings. The molecule has 0 bridgehead atoms. The molecule has 0 unspecified atom stereocenters. The first kappa shape index (κ1) is 50.7. The number of primary amides is 1. The SMILES string of the molecule is CCCCc1ccc(-c2ccc(C(=O)N[C@H](CO)C(=O)N[C@H](N)C(=O)NCC(=O)N(C)[C@@H](CCC(=O)O)C(=O)N[C@@H](C)C(=O)N[C@@H](CC(N)=O)C(=O)NCB(O)O)cc2)cc1. The van der Waals surface area contributed by atoms with E-state index in [2.05, 4.69) is 38.8 Å². The van der Waals surface area contributed by atoms with E-state index in [1.165, 1.54) is 12.5 Å². The van der Waals surface area contributed by atoms with Crippen LogP contribution in [0.15, 0.2) is 48.5 Å². The maximum absolute atomic E-state index is 13.2. The zero-order chi connectivity index (χ0) is 45.8. The van der Waals surface area contributed by atoms with Crippen molar-refractivity contribution in [3.05, 3.63) is 59.7 Å². The maximum Gasteiger partial charge on any atom is 0.472 e. The van der Waals surface area contributed by atoms with Gasteiger partial charge < -0.3 is 68.5 Å². The van der Waals surface area contributed by atoms with Crippen molar-refractivity contribution in [3.63, 3.8) is 0 Å². The Morgan fingerprint density at radius 1 is 0.770 bits per heavy atom. The van der Waals surface area contributed by atoms with Gasteiger partial charge in [-0.1, -0.05) is 49.7 Å². The number of aryl methyl sites for hydroxylation is 1. The van der Waals surface area contributed by atoms with E-state index < -0.39 is 130 Å². The van der Waals surface area contributed by atoms with E-state index in [-0.39, 0.29) is 5.56 Å². The fraction of sp³-hybridized carbons (Fsp3) is 0.447. The van der Waals surface area contributed by atoms with Gasteiger partial charge in [-0.05, 0) is 55.0 Å². The first-order valence-corrected chi connectivity index (χ1v) is 19.2. The summed E-state index contributed by atoms with van der Waals surface area (Å²) in [6, 6.07) is 8.56. The molecule has 332 valence electrons. The number of aliphatic hydroxyl groups is 1. The molecule has 0 saturated carbocycles. The van der Waals surface area contributed by atoms with Crippen molar-refractivity contribution in [1.29, 1.82) is 0 Å². The number of carboxylic acids is 1. The Labute approximate surface area is 351 Å². The number of carbonyl (C=O) groups excluding carboxylic acids is 8. The van der Waals surface area contributed by atoms with Crippen LogP contribution < -0.4 is 43.4 Å². The number of amides is 8. The van der Waals surface area contributed by atoms with Crippen molar-refractivity contribution in [2.45, 2.75) is 82.7 Å². The molecule has 0 saturated heterocycles. The molecule has 0 aliphatic carbocycles. The van der Waals surface area contributed by atoms with Crippen molar-refractivity contribution >= 4 is 60.3 Å². The predicted molar refractivity (Wildman–Crippen MR) is 218 cm³/mol. The Kier molecular flexibility index (Phi) is 21.0. The fourth-order valence-corrected chi connectivity index (χ4v) is 5.54. The number of likely N-dealkylation sites (N-methyl/N-ethyl adjacent to an activating group) is 1. The van der Waals surface area contributed by atoms with Gasteiger partial charge in [0.25, 0.3) is 11.8 Å². The molecule has 5 atom stereocenters. The molecule has 0 aliphatic heterocycles. The summed E-state index contributed by atoms with van der Waals surface area (Å²) in [6.07, 6.45) is -1.03. The lowest BCUT2D eigenvalue weighted by atomic mass is 9.92. The van der Waals surface area contributed by atoms with E-state index in [4.69, 9.17) is 21.5 Å². The van der Waals surface area contributed by atoms with Crippen LogP contribution in [0.25, 0.3) is 11.1 Å². The zero-order valence-corrected chi connectivity index (χ0v) is 34.0. The van der Waals surface area contributed by atoms with Crippen molar-refractivity contribution in [1.82, 2.24) is 36.8 Å². The third-order valence-corrected chi connectivity index (χ3v) is 9.10. The number of nitrogens with zero attached hydrogens (tertiary/aromatic N) is 1. The summed E-state index contributed by atoms with van der Waals surface area (Å²) in [5.41, 5.74) is 14.1. The average molecular weight is 856 g/mol. The van der Waals surface area contributed by atoms with Crippen molar-refractivity contribution in [2.75, 3.05) is 26.6 Å². The lowest BCUT2D eigenvalue weighted by molar-refractivity contribution is -0.142. The van der Waals surface area contributed by atoms with Crippen LogP contribution in [0.4, 0.5) is 0 Å². The minimum atomic E-state index is -1.94. The number of hydrogen-bond donors (Lipinski definition) is 12. The number of nitrogens with one attached hydrogen (secondary N) is 6. The van der Waals surface area contributed by atoms with E-state index in [0.717, 1.165) is 42.3 Å². The Hall–Kier alpha value is -6.43. The normalized spacial score (nSPS) is 13.2. The van der Waals surface area contributed by atoms with Crippen LogP contribution in [0.2, 0.25) is 0 Å². The van der Waals surface area contributed by atoms with Gasteiger partial charge in [0.2, 0.25) is 35.4 Å². The Bertz CT molecular complexity index is 1870. The second-order valence-corrected chi connectivity index (χ2v) is 13.9. The maximum atomic E-state index is 13.2. The summed E-state index contributed by atoms with van der Waals surface area (Å²) >= 11 is 0. The molecule has 2 aromatic rings. The Morgan fingerprint density at radius 2 is 1.38 bits per heavy atom. The number of aliphatic carboxylic acids is 1. The number of carbonyl (C=O) groups is 9. The highest BCUT2D eigenvalue weighted by Crippen LogP contribution is 2.21. The van der Waals surface area contributed by atoms with Crippen molar-refractivity contribution in [3.8, 4) is 11.1 Å². The van der Waals surface area contributed by atoms with Gasteiger partial charge in [-0.3, -0.25) is 43.2 Å². The summed E-state index contributed by atoms with van der Waals surface area (Å²) in [4.78, 5) is 114. The lowest BCUT2D eigenvalue weighted by Crippen LogP contribution is -2.59. The van der Waals surface area contributed by atoms with Gasteiger partial charge in [-0.15, -0.1) is 0 Å². The molecule has 0 spiro atoms. The monoisotopic (exact) mass is 855 g/mol. The number of rotatable bonds is 25. The van der Waals surface area contributed by atoms with Crippen molar-refractivity contribution in [2.24, 2.45) is 11.5 Å². The molecule has 2 rings (SSSR count). The van der Waals surface area contributed by atoms with Crippen molar-refractivity contribution < 1.29 is 63.4 Å². The van der Waals surface area contributed by atoms with Gasteiger partial charge in [0, 0.05) is 19.0 Å². The van der Waals surface area contributed by atoms with Gasteiger partial charge in [0.1, 0.15) is 24.2 Å². The van der Waals surface area contributed by atoms with Crippen LogP contribution in [0.1, 0.15) is 61.9 Å². The molecule has 23 heteroatoms. The zero-order valence-electron chi connectivity index (χ0n) is 34.0. The number of aliphatic hydroxyl groups excluding tert-OH is 1. The summed E-state index contributed by atoms with van der Waals surface area (Å²) in [6.45, 7) is 1.63. The fourth-order valence-electron chi connectivity index (χ4n) is 5.54. The summed E-state index contributed by atoms with van der Waals surface area (Å²) in [7, 11) is -0.824. The van der Waals surface area contributed by atoms with Crippen LogP contribution in [-0.4, -0.2) is 142 Å². The number of carboxylic acid groups (broad SMARTS) is 1. The Morgan fingerprint density at radius 3 is 1.92 bits per heavy atom. The third-order valence-electron chi connectivity index (χ3n) is 9.10. The molecule has 61 heavy (non-hydrogen) atoms. The van der Waals surface area contributed by atoms with Crippen LogP contribution >= 0.6 is 0 Å². The lowest BCUT2D eigenvalue weighted by Gasteiger charge is -2.29. The molecule has 8 amide bonds. The third kappa shape index (κ3) is 17.4. The molecule has 2 aromatic carbocycles.